The van der Waals surface area contributed by atoms with Crippen molar-refractivity contribution in [2.75, 3.05) is 13.2 Å². The van der Waals surface area contributed by atoms with Crippen LogP contribution in [0.2, 0.25) is 0 Å². The molecular weight excluding hydrogens is 631 g/mol. The molecular formula is C38H39FN2O6S. The molecule has 250 valence electrons. The number of aromatic nitrogens is 1. The number of carbonyl (C=O) groups excluding carboxylic acids is 1. The van der Waals surface area contributed by atoms with E-state index in [2.05, 4.69) is 6.58 Å². The number of esters is 1. The van der Waals surface area contributed by atoms with Crippen LogP contribution in [0.15, 0.2) is 94.4 Å². The molecule has 1 aliphatic rings. The lowest BCUT2D eigenvalue weighted by Gasteiger charge is -2.26. The first-order valence-corrected chi connectivity index (χ1v) is 16.7. The van der Waals surface area contributed by atoms with Crippen LogP contribution in [-0.2, 0) is 22.6 Å². The van der Waals surface area contributed by atoms with Crippen LogP contribution in [-0.4, -0.2) is 29.9 Å². The maximum atomic E-state index is 14.3. The molecule has 0 amide bonds. The van der Waals surface area contributed by atoms with Crippen molar-refractivity contribution in [3.05, 3.63) is 132 Å². The van der Waals surface area contributed by atoms with Crippen LogP contribution in [0.5, 0.6) is 17.2 Å². The molecule has 0 spiro atoms. The van der Waals surface area contributed by atoms with Crippen molar-refractivity contribution < 1.29 is 28.1 Å². The number of carbonyl (C=O) groups is 1. The first-order chi connectivity index (χ1) is 23.1. The number of thiazole rings is 1. The number of hydrogen-bond donors (Lipinski definition) is 0. The summed E-state index contributed by atoms with van der Waals surface area (Å²) in [5.41, 5.74) is 3.45. The van der Waals surface area contributed by atoms with Gasteiger partial charge in [-0.15, -0.1) is 6.58 Å². The number of rotatable bonds is 13. The van der Waals surface area contributed by atoms with Crippen molar-refractivity contribution in [1.29, 1.82) is 0 Å². The fourth-order valence-electron chi connectivity index (χ4n) is 5.54. The Bertz CT molecular complexity index is 2030. The first-order valence-electron chi connectivity index (χ1n) is 15.9. The van der Waals surface area contributed by atoms with Crippen LogP contribution in [0.4, 0.5) is 4.39 Å². The predicted molar refractivity (Wildman–Crippen MR) is 185 cm³/mol. The summed E-state index contributed by atoms with van der Waals surface area (Å²) in [7, 11) is 0. The zero-order valence-electron chi connectivity index (χ0n) is 27.7. The van der Waals surface area contributed by atoms with Gasteiger partial charge in [-0.25, -0.2) is 14.2 Å². The Morgan fingerprint density at radius 1 is 1.06 bits per heavy atom. The zero-order valence-corrected chi connectivity index (χ0v) is 28.6. The highest BCUT2D eigenvalue weighted by Crippen LogP contribution is 2.37. The number of hydrogen-bond acceptors (Lipinski definition) is 8. The number of fused-ring (bicyclic) bond motifs is 1. The average Bonchev–Trinajstić information content (AvgIpc) is 3.35. The second kappa shape index (κ2) is 15.3. The summed E-state index contributed by atoms with van der Waals surface area (Å²) in [6, 6.07) is 16.5. The van der Waals surface area contributed by atoms with Crippen molar-refractivity contribution in [2.45, 2.75) is 59.8 Å². The van der Waals surface area contributed by atoms with Gasteiger partial charge in [-0.3, -0.25) is 9.36 Å². The molecule has 3 aromatic carbocycles. The standard InChI is InChI=1S/C38H39FN2O6S/c1-7-12-27-19-26(20-31(44-8-2)35(27)46-22-25-15-17-28(39)18-16-25)21-32-36(42)41-34(29-13-10-11-14-30(29)47-23(4)5)33(37(43)45-9-3)24(6)40-38(41)48-32/h7,10-11,13-21,23,34H,1,8-9,12,22H2,2-6H3/b32-21+/t34-/m1/s1. The van der Waals surface area contributed by atoms with Crippen molar-refractivity contribution in [1.82, 2.24) is 4.57 Å². The van der Waals surface area contributed by atoms with Crippen molar-refractivity contribution >= 4 is 23.4 Å². The minimum atomic E-state index is -0.810. The van der Waals surface area contributed by atoms with E-state index in [1.165, 1.54) is 23.5 Å². The van der Waals surface area contributed by atoms with E-state index in [4.69, 9.17) is 23.9 Å². The van der Waals surface area contributed by atoms with Crippen LogP contribution in [0.3, 0.4) is 0 Å². The molecule has 10 heteroatoms. The van der Waals surface area contributed by atoms with E-state index < -0.39 is 12.0 Å². The quantitative estimate of drug-likeness (QED) is 0.120. The number of halogens is 1. The summed E-state index contributed by atoms with van der Waals surface area (Å²) in [6.07, 6.45) is 3.91. The monoisotopic (exact) mass is 670 g/mol. The van der Waals surface area contributed by atoms with Gasteiger partial charge in [-0.05, 0) is 88.6 Å². The van der Waals surface area contributed by atoms with Gasteiger partial charge in [0.2, 0.25) is 0 Å². The molecule has 8 nitrogen and oxygen atoms in total. The van der Waals surface area contributed by atoms with Gasteiger partial charge in [0.15, 0.2) is 16.3 Å². The Hall–Kier alpha value is -4.96. The van der Waals surface area contributed by atoms with E-state index in [9.17, 15) is 14.0 Å². The van der Waals surface area contributed by atoms with Crippen LogP contribution in [0, 0.1) is 5.82 Å². The van der Waals surface area contributed by atoms with Gasteiger partial charge in [0.25, 0.3) is 5.56 Å². The van der Waals surface area contributed by atoms with E-state index >= 15 is 0 Å². The molecule has 0 N–H and O–H groups in total. The third-order valence-electron chi connectivity index (χ3n) is 7.51. The van der Waals surface area contributed by atoms with E-state index in [1.54, 1.807) is 42.7 Å². The molecule has 0 fully saturated rings. The summed E-state index contributed by atoms with van der Waals surface area (Å²) < 4.78 is 39.2. The molecule has 5 rings (SSSR count). The highest BCUT2D eigenvalue weighted by molar-refractivity contribution is 7.07. The lowest BCUT2D eigenvalue weighted by molar-refractivity contribution is -0.139. The number of ether oxygens (including phenoxy) is 4. The van der Waals surface area contributed by atoms with E-state index in [0.717, 1.165) is 16.7 Å². The maximum absolute atomic E-state index is 14.3. The average molecular weight is 671 g/mol. The summed E-state index contributed by atoms with van der Waals surface area (Å²) in [4.78, 5) is 32.8. The Morgan fingerprint density at radius 3 is 2.50 bits per heavy atom. The third kappa shape index (κ3) is 7.44. The minimum Gasteiger partial charge on any atom is -0.491 e. The van der Waals surface area contributed by atoms with Crippen molar-refractivity contribution in [3.8, 4) is 17.2 Å². The summed E-state index contributed by atoms with van der Waals surface area (Å²) in [5, 5.41) is 0. The van der Waals surface area contributed by atoms with Gasteiger partial charge in [-0.1, -0.05) is 47.7 Å². The predicted octanol–water partition coefficient (Wildman–Crippen LogP) is 6.43. The number of para-hydroxylation sites is 1. The van der Waals surface area contributed by atoms with Gasteiger partial charge < -0.3 is 18.9 Å². The normalized spacial score (nSPS) is 14.4. The van der Waals surface area contributed by atoms with Gasteiger partial charge in [0.05, 0.1) is 35.1 Å². The molecule has 0 saturated heterocycles. The molecule has 4 aromatic rings. The van der Waals surface area contributed by atoms with Crippen molar-refractivity contribution in [3.63, 3.8) is 0 Å². The summed E-state index contributed by atoms with van der Waals surface area (Å²) >= 11 is 1.24. The molecule has 0 aliphatic carbocycles. The lowest BCUT2D eigenvalue weighted by Crippen LogP contribution is -2.40. The number of nitrogens with zero attached hydrogens (tertiary/aromatic N) is 2. The molecule has 1 aliphatic heterocycles. The molecule has 0 saturated carbocycles. The van der Waals surface area contributed by atoms with Crippen LogP contribution >= 0.6 is 11.3 Å². The summed E-state index contributed by atoms with van der Waals surface area (Å²) in [5.74, 6) is 0.772. The number of benzene rings is 3. The van der Waals surface area contributed by atoms with Gasteiger partial charge >= 0.3 is 5.97 Å². The summed E-state index contributed by atoms with van der Waals surface area (Å²) in [6.45, 7) is 13.9. The molecule has 2 heterocycles. The highest BCUT2D eigenvalue weighted by atomic mass is 32.1. The van der Waals surface area contributed by atoms with Crippen LogP contribution in [0.1, 0.15) is 62.9 Å². The number of allylic oxidation sites excluding steroid dienone is 2. The maximum Gasteiger partial charge on any atom is 0.338 e. The topological polar surface area (TPSA) is 88.4 Å². The second-order valence-corrected chi connectivity index (χ2v) is 12.4. The fraction of sp³-hybridized carbons (Fsp3) is 0.289. The van der Waals surface area contributed by atoms with E-state index in [1.807, 2.05) is 57.2 Å². The van der Waals surface area contributed by atoms with E-state index in [0.29, 0.717) is 50.9 Å². The Morgan fingerprint density at radius 2 is 1.81 bits per heavy atom. The highest BCUT2D eigenvalue weighted by Gasteiger charge is 2.35. The zero-order chi connectivity index (χ0) is 34.4. The fourth-order valence-corrected chi connectivity index (χ4v) is 6.59. The SMILES string of the molecule is C=CCc1cc(/C=c2/sc3n(c2=O)[C@H](c2ccccc2OC(C)C)C(C(=O)OCC)=C(C)N=3)cc(OCC)c1OCc1ccc(F)cc1. The van der Waals surface area contributed by atoms with Crippen LogP contribution in [0.25, 0.3) is 6.08 Å². The van der Waals surface area contributed by atoms with Crippen LogP contribution < -0.4 is 29.1 Å². The van der Waals surface area contributed by atoms with Gasteiger partial charge in [0.1, 0.15) is 24.2 Å². The Balaban J connectivity index is 1.65. The third-order valence-corrected chi connectivity index (χ3v) is 8.49. The first kappa shape index (κ1) is 34.4. The largest absolute Gasteiger partial charge is 0.491 e. The van der Waals surface area contributed by atoms with Gasteiger partial charge in [0, 0.05) is 11.1 Å². The molecule has 1 aromatic heterocycles. The second-order valence-electron chi connectivity index (χ2n) is 11.4. The van der Waals surface area contributed by atoms with Crippen molar-refractivity contribution in [2.24, 2.45) is 4.99 Å². The van der Waals surface area contributed by atoms with E-state index in [-0.39, 0.29) is 36.3 Å². The van der Waals surface area contributed by atoms with Gasteiger partial charge in [-0.2, -0.15) is 0 Å². The molecule has 0 radical (unpaired) electrons. The Labute approximate surface area is 283 Å². The molecule has 1 atom stereocenters. The smallest absolute Gasteiger partial charge is 0.338 e. The molecule has 0 unspecified atom stereocenters. The molecule has 0 bridgehead atoms. The Kier molecular flexibility index (Phi) is 11.0. The lowest BCUT2D eigenvalue weighted by atomic mass is 9.95. The molecule has 48 heavy (non-hydrogen) atoms. The minimum absolute atomic E-state index is 0.134.